The van der Waals surface area contributed by atoms with E-state index >= 15 is 0 Å². The molecule has 2 aromatic heterocycles. The maximum absolute atomic E-state index is 11.8. The van der Waals surface area contributed by atoms with Gasteiger partial charge in [0.1, 0.15) is 24.6 Å². The SMILES string of the molecule is O=S(=O)([O-])O.O=S(=O)([O-])O.O=S(=O)([O-])O.[CH2-][C@H]1O[C@H](O[C@]2(CCl)O[C@H](Cn3cc(CO[C@H]4O[C@H](Cc5cn(COCC)nn5)[CH-][C@H](OS(=O)(=O)[O-])[C@@H]4OS(=O)(=O)[O-])nn3)[CH-][C@@H]2OS(=O)(=O)[O-])[C@H](OS(=O)(=O)[O-])[C@@H](OS(=O)(=O)[O-])[C@H]1Cl.[Na+].[Na+].[Na+].[Na+].[Na+].[Na+].[Na+].[Na+]. The second kappa shape index (κ2) is 46.2. The molecule has 3 N–H and O–H groups in total. The minimum absolute atomic E-state index is 0. The molecule has 0 bridgehead atoms. The van der Waals surface area contributed by atoms with Crippen LogP contribution in [0, 0.1) is 19.8 Å². The Kier molecular flexibility index (Phi) is 56.2. The topological polar surface area (TPSA) is 681 Å². The van der Waals surface area contributed by atoms with Crippen LogP contribution in [0.3, 0.4) is 0 Å². The fraction of sp³-hybridized carbons (Fsp3) is 0.731. The molecule has 0 amide bonds. The zero-order chi connectivity index (χ0) is 61.8. The van der Waals surface area contributed by atoms with E-state index in [1.807, 2.05) is 0 Å². The quantitative estimate of drug-likeness (QED) is 0.0306. The minimum atomic E-state index is -5.85. The van der Waals surface area contributed by atoms with E-state index in [0.29, 0.717) is 6.61 Å². The van der Waals surface area contributed by atoms with Crippen LogP contribution in [0.2, 0.25) is 0 Å². The van der Waals surface area contributed by atoms with E-state index in [1.165, 1.54) is 10.9 Å². The zero-order valence-corrected chi connectivity index (χ0v) is 70.5. The summed E-state index contributed by atoms with van der Waals surface area (Å²) in [7, 11) is -43.3. The molecule has 3 fully saturated rings. The molecule has 470 valence electrons. The van der Waals surface area contributed by atoms with Crippen LogP contribution in [0.4, 0.5) is 0 Å². The van der Waals surface area contributed by atoms with Gasteiger partial charge in [-0.3, -0.25) is 43.7 Å². The molecular formula is C26H35Cl2N6Na8O38S8-3. The molecule has 0 unspecified atom stereocenters. The van der Waals surface area contributed by atoms with E-state index in [1.54, 1.807) is 6.92 Å². The summed E-state index contributed by atoms with van der Waals surface area (Å²) in [6.07, 6.45) is -16.4. The molecular weight excluding hydrogens is 1520 g/mol. The molecule has 3 aliphatic rings. The van der Waals surface area contributed by atoms with Gasteiger partial charge in [-0.05, 0) is 31.7 Å². The molecule has 0 saturated carbocycles. The Hall–Kier alpha value is 5.58. The number of rotatable bonds is 23. The maximum Gasteiger partial charge on any atom is 1.00 e. The van der Waals surface area contributed by atoms with Crippen molar-refractivity contribution in [1.82, 2.24) is 30.0 Å². The molecule has 12 atom stereocenters. The standard InChI is InChI=1S/C26H37Cl2N6O26S5.8Na.3H2O4S/c1-3-50-12-34-7-14(29-32-34)4-16-5-18(56-61(35,36)37)21(58-63(41,42)43)24(53-16)51-10-15-8-33(31-30-15)9-17-6-19(57-62(38,39)40)26(11-27,54-17)55-25-23(60-65(47,48)49)22(59-64(44,45)46)20(28)13(2)52-25;;;;;;;;;3*1-5(2,3)4/h5-8,13,16-25H,2-4,9-12H2,1H3,(H,35,36,37)(H,38,39,40)(H,41,42,43)(H,44,45,46)(H,47,48,49);;;;;;;;;3*(H2,1,2,3,4)/q-3;8*+1;;;/p-8/t13-,16-,17+,18+,19+,20+,21+,22+,23-,24+,25-,26+;;;;;;;;;;;/m1.........../s1. The summed E-state index contributed by atoms with van der Waals surface area (Å²) >= 11 is 12.2. The first-order valence-electron chi connectivity index (χ1n) is 19.6. The fourth-order valence-electron chi connectivity index (χ4n) is 6.12. The van der Waals surface area contributed by atoms with E-state index < -0.39 is 175 Å². The molecule has 44 nitrogen and oxygen atoms in total. The third-order valence-electron chi connectivity index (χ3n) is 8.46. The fourth-order valence-corrected chi connectivity index (χ4v) is 9.07. The van der Waals surface area contributed by atoms with E-state index in [-0.39, 0.29) is 261 Å². The summed E-state index contributed by atoms with van der Waals surface area (Å²) in [5.41, 5.74) is 0.0512. The van der Waals surface area contributed by atoms with Gasteiger partial charge in [0.05, 0.1) is 36.0 Å². The van der Waals surface area contributed by atoms with E-state index in [4.69, 9.17) is 104 Å². The van der Waals surface area contributed by atoms with Gasteiger partial charge >= 0.3 is 236 Å². The number of alkyl halides is 2. The molecule has 0 aromatic carbocycles. The predicted octanol–water partition coefficient (Wildman–Crippen LogP) is -31.5. The molecule has 0 radical (unpaired) electrons. The Morgan fingerprint density at radius 1 is 0.602 bits per heavy atom. The molecule has 62 heteroatoms. The molecule has 5 heterocycles. The number of halogens is 2. The zero-order valence-electron chi connectivity index (χ0n) is 46.4. The second-order valence-corrected chi connectivity index (χ2v) is 22.9. The average molecular weight is 1550 g/mol. The van der Waals surface area contributed by atoms with Crippen LogP contribution in [-0.4, -0.2) is 232 Å². The Labute approximate surface area is 689 Å². The first kappa shape index (κ1) is 107. The van der Waals surface area contributed by atoms with Gasteiger partial charge in [-0.2, -0.15) is 0 Å². The van der Waals surface area contributed by atoms with Crippen molar-refractivity contribution in [1.29, 1.82) is 0 Å². The molecule has 0 spiro atoms. The summed E-state index contributed by atoms with van der Waals surface area (Å²) < 4.78 is 331. The van der Waals surface area contributed by atoms with Gasteiger partial charge < -0.3 is 80.1 Å². The van der Waals surface area contributed by atoms with Gasteiger partial charge in [0.15, 0.2) is 24.5 Å². The van der Waals surface area contributed by atoms with Crippen molar-refractivity contribution in [3.05, 3.63) is 43.5 Å². The first-order chi connectivity index (χ1) is 35.9. The van der Waals surface area contributed by atoms with E-state index in [2.05, 4.69) is 48.5 Å². The molecule has 0 aliphatic carbocycles. The number of hydrogen-bond donors (Lipinski definition) is 3. The largest absolute Gasteiger partial charge is 1.00 e. The van der Waals surface area contributed by atoms with Gasteiger partial charge in [0.25, 0.3) is 0 Å². The van der Waals surface area contributed by atoms with Crippen molar-refractivity contribution in [3.8, 4) is 0 Å². The Balaban J connectivity index is -0.000000509. The van der Waals surface area contributed by atoms with Crippen LogP contribution in [0.1, 0.15) is 18.3 Å². The first-order valence-corrected chi connectivity index (χ1v) is 31.3. The number of ether oxygens (including phenoxy) is 6. The normalized spacial score (nSPS) is 25.6. The van der Waals surface area contributed by atoms with Crippen LogP contribution < -0.4 is 236 Å². The summed E-state index contributed by atoms with van der Waals surface area (Å²) in [6.45, 7) is 4.23. The number of aromatic nitrogens is 6. The Morgan fingerprint density at radius 2 is 1.02 bits per heavy atom. The van der Waals surface area contributed by atoms with Crippen molar-refractivity contribution in [3.63, 3.8) is 0 Å². The molecule has 88 heavy (non-hydrogen) atoms. The smallest absolute Gasteiger partial charge is 0.726 e. The van der Waals surface area contributed by atoms with Crippen molar-refractivity contribution in [2.45, 2.75) is 106 Å². The van der Waals surface area contributed by atoms with Crippen LogP contribution >= 0.6 is 23.2 Å². The minimum Gasteiger partial charge on any atom is -0.726 e. The average Bonchev–Trinajstić information content (AvgIpc) is 3.95. The maximum atomic E-state index is 11.8. The monoisotopic (exact) mass is 1550 g/mol. The van der Waals surface area contributed by atoms with Crippen molar-refractivity contribution < 1.29 is 403 Å². The molecule has 5 rings (SSSR count). The van der Waals surface area contributed by atoms with Gasteiger partial charge in [-0.1, -0.05) is 16.5 Å². The Bertz CT molecular complexity index is 3200. The summed E-state index contributed by atoms with van der Waals surface area (Å²) in [6, 6.07) is 0. The molecule has 3 saturated heterocycles. The second-order valence-electron chi connectivity index (χ2n) is 14.5. The number of hydrogen-bond acceptors (Lipinski definition) is 39. The van der Waals surface area contributed by atoms with Crippen molar-refractivity contribution >= 4 is 106 Å². The van der Waals surface area contributed by atoms with Crippen molar-refractivity contribution in [2.75, 3.05) is 12.5 Å². The van der Waals surface area contributed by atoms with E-state index in [0.717, 1.165) is 23.7 Å². The van der Waals surface area contributed by atoms with Crippen LogP contribution in [-0.2, 0) is 159 Å². The number of nitrogens with zero attached hydrogens (tertiary/aromatic N) is 6. The van der Waals surface area contributed by atoms with Crippen molar-refractivity contribution in [2.24, 2.45) is 0 Å². The van der Waals surface area contributed by atoms with Crippen LogP contribution in [0.15, 0.2) is 12.4 Å². The van der Waals surface area contributed by atoms with E-state index in [9.17, 15) is 64.9 Å². The van der Waals surface area contributed by atoms with Crippen LogP contribution in [0.5, 0.6) is 0 Å². The molecule has 2 aromatic rings. The van der Waals surface area contributed by atoms with Gasteiger partial charge in [0.2, 0.25) is 83.2 Å². The van der Waals surface area contributed by atoms with Crippen LogP contribution in [0.25, 0.3) is 0 Å². The Morgan fingerprint density at radius 3 is 1.47 bits per heavy atom. The third-order valence-corrected chi connectivity index (χ3v) is 11.6. The van der Waals surface area contributed by atoms with Gasteiger partial charge in [-0.15, -0.1) is 33.4 Å². The summed E-state index contributed by atoms with van der Waals surface area (Å²) in [5.74, 6) is -3.80. The molecule has 3 aliphatic heterocycles. The summed E-state index contributed by atoms with van der Waals surface area (Å²) in [4.78, 5) is 0. The predicted molar refractivity (Wildman–Crippen MR) is 230 cm³/mol. The third kappa shape index (κ3) is 48.4. The van der Waals surface area contributed by atoms with Gasteiger partial charge in [0, 0.05) is 19.3 Å². The van der Waals surface area contributed by atoms with Gasteiger partial charge in [-0.25, -0.2) is 72.0 Å². The summed E-state index contributed by atoms with van der Waals surface area (Å²) in [5, 5.41) is 13.5.